The molecule has 174 valence electrons. The van der Waals surface area contributed by atoms with Gasteiger partial charge in [0.15, 0.2) is 0 Å². The van der Waals surface area contributed by atoms with E-state index in [-0.39, 0.29) is 18.0 Å². The van der Waals surface area contributed by atoms with E-state index in [1.807, 2.05) is 26.0 Å². The van der Waals surface area contributed by atoms with E-state index >= 15 is 0 Å². The van der Waals surface area contributed by atoms with Crippen LogP contribution >= 0.6 is 0 Å². The fourth-order valence-electron chi connectivity index (χ4n) is 3.29. The molecule has 0 saturated carbocycles. The Bertz CT molecular complexity index is 682. The van der Waals surface area contributed by atoms with E-state index in [0.717, 1.165) is 18.4 Å². The van der Waals surface area contributed by atoms with Gasteiger partial charge in [-0.05, 0) is 44.0 Å². The third-order valence-electron chi connectivity index (χ3n) is 4.85. The van der Waals surface area contributed by atoms with Crippen LogP contribution in [0.1, 0.15) is 97.5 Å². The lowest BCUT2D eigenvalue weighted by atomic mass is 10.1. The summed E-state index contributed by atoms with van der Waals surface area (Å²) in [6, 6.07) is 5.39. The molecule has 0 atom stereocenters. The molecule has 1 aromatic rings. The predicted octanol–water partition coefficient (Wildman–Crippen LogP) is 6.91. The molecule has 5 nitrogen and oxygen atoms in total. The van der Waals surface area contributed by atoms with Crippen molar-refractivity contribution < 1.29 is 19.1 Å². The molecule has 0 aliphatic heterocycles. The van der Waals surface area contributed by atoms with Gasteiger partial charge in [-0.25, -0.2) is 4.79 Å². The zero-order valence-electron chi connectivity index (χ0n) is 19.9. The van der Waals surface area contributed by atoms with Gasteiger partial charge in [0, 0.05) is 19.1 Å². The molecule has 0 fully saturated rings. The molecule has 0 unspecified atom stereocenters. The number of nitrogens with one attached hydrogen (secondary N) is 1. The van der Waals surface area contributed by atoms with Gasteiger partial charge in [0.05, 0.1) is 18.4 Å². The molecule has 31 heavy (non-hydrogen) atoms. The quantitative estimate of drug-likeness (QED) is 0.175. The number of hydrogen-bond donors (Lipinski definition) is 1. The van der Waals surface area contributed by atoms with E-state index in [2.05, 4.69) is 12.2 Å². The zero-order valence-corrected chi connectivity index (χ0v) is 19.9. The maximum Gasteiger partial charge on any atom is 0.330 e. The van der Waals surface area contributed by atoms with Crippen LogP contribution in [0, 0.1) is 0 Å². The Hall–Kier alpha value is -2.30. The summed E-state index contributed by atoms with van der Waals surface area (Å²) >= 11 is 0. The van der Waals surface area contributed by atoms with Crippen molar-refractivity contribution >= 4 is 23.6 Å². The largest absolute Gasteiger partial charge is 0.491 e. The Labute approximate surface area is 188 Å². The number of benzene rings is 1. The minimum atomic E-state index is -0.368. The first-order chi connectivity index (χ1) is 14.9. The van der Waals surface area contributed by atoms with Crippen molar-refractivity contribution in [3.8, 4) is 5.75 Å². The maximum absolute atomic E-state index is 12.0. The summed E-state index contributed by atoms with van der Waals surface area (Å²) < 4.78 is 11.0. The summed E-state index contributed by atoms with van der Waals surface area (Å²) in [5.74, 6) is 0.117. The minimum absolute atomic E-state index is 0.0346. The molecule has 1 rings (SSSR count). The van der Waals surface area contributed by atoms with Gasteiger partial charge in [0.1, 0.15) is 5.75 Å². The molecule has 1 N–H and O–H groups in total. The van der Waals surface area contributed by atoms with Gasteiger partial charge in [-0.1, -0.05) is 64.7 Å². The van der Waals surface area contributed by atoms with Crippen LogP contribution in [0.15, 0.2) is 24.3 Å². The van der Waals surface area contributed by atoms with E-state index in [1.165, 1.54) is 64.4 Å². The Kier molecular flexibility index (Phi) is 14.1. The van der Waals surface area contributed by atoms with Crippen LogP contribution < -0.4 is 10.1 Å². The number of carbonyl (C=O) groups is 2. The first-order valence-corrected chi connectivity index (χ1v) is 11.9. The topological polar surface area (TPSA) is 64.6 Å². The van der Waals surface area contributed by atoms with E-state index in [4.69, 9.17) is 9.47 Å². The van der Waals surface area contributed by atoms with Crippen LogP contribution in [0.3, 0.4) is 0 Å². The third kappa shape index (κ3) is 13.6. The molecule has 0 aliphatic carbocycles. The van der Waals surface area contributed by atoms with Crippen molar-refractivity contribution in [1.29, 1.82) is 0 Å². The van der Waals surface area contributed by atoms with Gasteiger partial charge in [-0.2, -0.15) is 0 Å². The Morgan fingerprint density at radius 1 is 0.968 bits per heavy atom. The summed E-state index contributed by atoms with van der Waals surface area (Å²) in [4.78, 5) is 23.5. The van der Waals surface area contributed by atoms with Gasteiger partial charge >= 0.3 is 5.97 Å². The monoisotopic (exact) mass is 431 g/mol. The fraction of sp³-hybridized carbons (Fsp3) is 0.615. The average Bonchev–Trinajstić information content (AvgIpc) is 2.70. The minimum Gasteiger partial charge on any atom is -0.491 e. The molecular formula is C26H41NO4. The van der Waals surface area contributed by atoms with E-state index in [9.17, 15) is 9.59 Å². The van der Waals surface area contributed by atoms with Gasteiger partial charge in [0.2, 0.25) is 5.91 Å². The lowest BCUT2D eigenvalue weighted by Gasteiger charge is -2.13. The first kappa shape index (κ1) is 26.7. The summed E-state index contributed by atoms with van der Waals surface area (Å²) in [5, 5.41) is 2.78. The lowest BCUT2D eigenvalue weighted by Crippen LogP contribution is -2.09. The normalized spacial score (nSPS) is 11.1. The molecular weight excluding hydrogens is 390 g/mol. The highest BCUT2D eigenvalue weighted by atomic mass is 16.5. The fourth-order valence-corrected chi connectivity index (χ4v) is 3.29. The van der Waals surface area contributed by atoms with Crippen LogP contribution in [0.4, 0.5) is 5.69 Å². The van der Waals surface area contributed by atoms with Crippen LogP contribution in [0.5, 0.6) is 5.75 Å². The highest BCUT2D eigenvalue weighted by molar-refractivity contribution is 5.93. The van der Waals surface area contributed by atoms with Crippen molar-refractivity contribution in [2.24, 2.45) is 0 Å². The summed E-state index contributed by atoms with van der Waals surface area (Å²) in [6.45, 7) is 8.02. The number of amides is 1. The number of hydrogen-bond acceptors (Lipinski definition) is 4. The van der Waals surface area contributed by atoms with Gasteiger partial charge < -0.3 is 14.8 Å². The zero-order chi connectivity index (χ0) is 22.9. The second-order valence-corrected chi connectivity index (χ2v) is 8.28. The van der Waals surface area contributed by atoms with Crippen molar-refractivity contribution in [3.05, 3.63) is 29.8 Å². The highest BCUT2D eigenvalue weighted by Gasteiger charge is 2.07. The summed E-state index contributed by atoms with van der Waals surface area (Å²) in [5.41, 5.74) is 1.33. The van der Waals surface area contributed by atoms with Crippen molar-refractivity contribution in [2.45, 2.75) is 98.0 Å². The first-order valence-electron chi connectivity index (χ1n) is 11.9. The molecule has 0 aromatic heterocycles. The van der Waals surface area contributed by atoms with Crippen LogP contribution in [0.2, 0.25) is 0 Å². The van der Waals surface area contributed by atoms with Crippen molar-refractivity contribution in [3.63, 3.8) is 0 Å². The van der Waals surface area contributed by atoms with E-state index in [1.54, 1.807) is 12.1 Å². The van der Waals surface area contributed by atoms with Crippen LogP contribution in [-0.4, -0.2) is 24.6 Å². The van der Waals surface area contributed by atoms with Gasteiger partial charge in [-0.3, -0.25) is 4.79 Å². The number of anilines is 1. The summed E-state index contributed by atoms with van der Waals surface area (Å²) in [7, 11) is 0. The van der Waals surface area contributed by atoms with Gasteiger partial charge in [0.25, 0.3) is 0 Å². The Balaban J connectivity index is 2.33. The number of rotatable bonds is 16. The Morgan fingerprint density at radius 2 is 1.58 bits per heavy atom. The number of ether oxygens (including phenoxy) is 2. The smallest absolute Gasteiger partial charge is 0.330 e. The molecule has 0 radical (unpaired) electrons. The molecule has 5 heteroatoms. The second kappa shape index (κ2) is 16.4. The molecule has 0 bridgehead atoms. The molecule has 0 spiro atoms. The van der Waals surface area contributed by atoms with E-state index < -0.39 is 0 Å². The Morgan fingerprint density at radius 3 is 2.16 bits per heavy atom. The second-order valence-electron chi connectivity index (χ2n) is 8.28. The lowest BCUT2D eigenvalue weighted by molar-refractivity contribution is -0.137. The van der Waals surface area contributed by atoms with Crippen LogP contribution in [0.25, 0.3) is 6.08 Å². The van der Waals surface area contributed by atoms with Gasteiger partial charge in [-0.15, -0.1) is 0 Å². The predicted molar refractivity (Wildman–Crippen MR) is 128 cm³/mol. The number of esters is 1. The van der Waals surface area contributed by atoms with E-state index in [0.29, 0.717) is 18.0 Å². The van der Waals surface area contributed by atoms with Crippen molar-refractivity contribution in [2.75, 3.05) is 11.9 Å². The third-order valence-corrected chi connectivity index (χ3v) is 4.85. The number of carbonyl (C=O) groups excluding carboxylic acids is 2. The summed E-state index contributed by atoms with van der Waals surface area (Å²) in [6.07, 6.45) is 15.6. The standard InChI is InChI=1S/C26H41NO4/c1-5-6-7-8-9-10-11-12-13-14-19-30-26(29)18-16-23-15-17-24(31-21(2)3)20-25(23)27-22(4)28/h15-18,20-21H,5-14,19H2,1-4H3,(H,27,28)/b18-16+. The molecule has 1 aromatic carbocycles. The molecule has 0 saturated heterocycles. The average molecular weight is 432 g/mol. The maximum atomic E-state index is 12.0. The highest BCUT2D eigenvalue weighted by Crippen LogP contribution is 2.25. The van der Waals surface area contributed by atoms with Crippen molar-refractivity contribution in [1.82, 2.24) is 0 Å². The SMILES string of the molecule is CCCCCCCCCCCCOC(=O)/C=C/c1ccc(OC(C)C)cc1NC(C)=O. The van der Waals surface area contributed by atoms with Crippen LogP contribution in [-0.2, 0) is 14.3 Å². The molecule has 0 aliphatic rings. The molecule has 0 heterocycles. The number of unbranched alkanes of at least 4 members (excludes halogenated alkanes) is 9. The molecule has 1 amide bonds.